The van der Waals surface area contributed by atoms with Crippen molar-refractivity contribution in [3.63, 3.8) is 0 Å². The second-order valence-corrected chi connectivity index (χ2v) is 15.2. The average molecular weight is 678 g/mol. The van der Waals surface area contributed by atoms with Gasteiger partial charge in [-0.3, -0.25) is 9.59 Å². The lowest BCUT2D eigenvalue weighted by Crippen LogP contribution is -2.57. The third kappa shape index (κ3) is 12.6. The summed E-state index contributed by atoms with van der Waals surface area (Å²) in [4.78, 5) is 27.2. The van der Waals surface area contributed by atoms with Gasteiger partial charge in [0, 0.05) is 25.1 Å². The average Bonchev–Trinajstić information content (AvgIpc) is 3.03. The molecule has 3 rings (SSSR count). The fraction of sp³-hybridized carbons (Fsp3) is 0.611. The third-order valence-electron chi connectivity index (χ3n) is 8.99. The van der Waals surface area contributed by atoms with Crippen LogP contribution in [-0.4, -0.2) is 61.1 Å². The molecule has 0 spiro atoms. The molecule has 1 fully saturated rings. The lowest BCUT2D eigenvalue weighted by Gasteiger charge is -2.29. The zero-order chi connectivity index (χ0) is 34.4. The minimum Gasteiger partial charge on any atom is -0.390 e. The van der Waals surface area contributed by atoms with Crippen molar-refractivity contribution in [2.24, 2.45) is 5.92 Å². The molecule has 0 saturated heterocycles. The lowest BCUT2D eigenvalue weighted by molar-refractivity contribution is -0.131. The number of halogens is 2. The lowest BCUT2D eigenvalue weighted by atomic mass is 9.88. The molecule has 2 amide bonds. The van der Waals surface area contributed by atoms with Crippen LogP contribution in [0.15, 0.2) is 42.5 Å². The van der Waals surface area contributed by atoms with Crippen LogP contribution in [0.4, 0.5) is 8.78 Å². The minimum absolute atomic E-state index is 0.0333. The number of aliphatic hydroxyl groups excluding tert-OH is 1. The molecule has 1 saturated carbocycles. The summed E-state index contributed by atoms with van der Waals surface area (Å²) in [7, 11) is -3.79. The van der Waals surface area contributed by atoms with Crippen LogP contribution in [0.25, 0.3) is 0 Å². The predicted molar refractivity (Wildman–Crippen MR) is 181 cm³/mol. The van der Waals surface area contributed by atoms with Gasteiger partial charge in [-0.05, 0) is 67.3 Å². The Hall–Kier alpha value is -2.89. The number of amides is 2. The molecule has 0 heterocycles. The molecule has 2 aromatic rings. The largest absolute Gasteiger partial charge is 0.390 e. The van der Waals surface area contributed by atoms with Crippen molar-refractivity contribution in [3.05, 3.63) is 70.8 Å². The Morgan fingerprint density at radius 1 is 0.894 bits per heavy atom. The molecule has 1 aliphatic carbocycles. The highest BCUT2D eigenvalue weighted by molar-refractivity contribution is 7.92. The molecule has 47 heavy (non-hydrogen) atoms. The first-order chi connectivity index (χ1) is 22.4. The summed E-state index contributed by atoms with van der Waals surface area (Å²) >= 11 is 0. The Bertz CT molecular complexity index is 1370. The summed E-state index contributed by atoms with van der Waals surface area (Å²) in [6, 6.07) is 8.55. The van der Waals surface area contributed by atoms with Crippen molar-refractivity contribution in [3.8, 4) is 0 Å². The number of carbonyl (C=O) groups is 2. The number of aliphatic hydroxyl groups is 1. The van der Waals surface area contributed by atoms with Crippen molar-refractivity contribution >= 4 is 21.7 Å². The number of rotatable bonds is 19. The molecular formula is C36H53F2N3O5S. The second-order valence-electron chi connectivity index (χ2n) is 12.9. The van der Waals surface area contributed by atoms with Crippen LogP contribution >= 0.6 is 0 Å². The normalized spacial score (nSPS) is 16.1. The molecule has 0 radical (unpaired) electrons. The maximum Gasteiger partial charge on any atom is 0.243 e. The van der Waals surface area contributed by atoms with Gasteiger partial charge in [-0.25, -0.2) is 17.2 Å². The van der Waals surface area contributed by atoms with E-state index in [4.69, 9.17) is 0 Å². The number of aryl methyl sites for hydroxylation is 1. The van der Waals surface area contributed by atoms with Crippen molar-refractivity contribution in [2.45, 2.75) is 121 Å². The van der Waals surface area contributed by atoms with Crippen molar-refractivity contribution < 1.29 is 31.9 Å². The second kappa shape index (κ2) is 19.2. The first-order valence-corrected chi connectivity index (χ1v) is 18.9. The molecule has 2 aromatic carbocycles. The van der Waals surface area contributed by atoms with E-state index < -0.39 is 56.6 Å². The van der Waals surface area contributed by atoms with Crippen LogP contribution in [0.5, 0.6) is 0 Å². The summed E-state index contributed by atoms with van der Waals surface area (Å²) in [5, 5.41) is 19.3. The number of sulfone groups is 1. The highest BCUT2D eigenvalue weighted by Gasteiger charge is 2.35. The van der Waals surface area contributed by atoms with Gasteiger partial charge in [0.05, 0.1) is 23.1 Å². The smallest absolute Gasteiger partial charge is 0.243 e. The van der Waals surface area contributed by atoms with E-state index in [2.05, 4.69) is 28.9 Å². The maximum absolute atomic E-state index is 14.1. The summed E-state index contributed by atoms with van der Waals surface area (Å²) in [5.74, 6) is -3.60. The number of hydrogen-bond acceptors (Lipinski definition) is 6. The summed E-state index contributed by atoms with van der Waals surface area (Å²) < 4.78 is 55.5. The third-order valence-corrected chi connectivity index (χ3v) is 11.3. The summed E-state index contributed by atoms with van der Waals surface area (Å²) in [6.45, 7) is 6.34. The zero-order valence-corrected chi connectivity index (χ0v) is 28.9. The molecule has 1 unspecified atom stereocenters. The zero-order valence-electron chi connectivity index (χ0n) is 28.1. The molecule has 11 heteroatoms. The van der Waals surface area contributed by atoms with E-state index in [1.165, 1.54) is 5.56 Å². The Labute approximate surface area is 279 Å². The van der Waals surface area contributed by atoms with Gasteiger partial charge in [0.15, 0.2) is 9.84 Å². The fourth-order valence-electron chi connectivity index (χ4n) is 6.37. The first-order valence-electron chi connectivity index (χ1n) is 17.2. The van der Waals surface area contributed by atoms with Crippen LogP contribution in [-0.2, 0) is 38.8 Å². The quantitative estimate of drug-likeness (QED) is 0.163. The topological polar surface area (TPSA) is 125 Å². The Balaban J connectivity index is 1.85. The van der Waals surface area contributed by atoms with Gasteiger partial charge in [-0.1, -0.05) is 77.1 Å². The minimum atomic E-state index is -3.79. The molecule has 0 aliphatic heterocycles. The van der Waals surface area contributed by atoms with Crippen molar-refractivity contribution in [1.82, 2.24) is 16.0 Å². The van der Waals surface area contributed by atoms with E-state index in [1.807, 2.05) is 32.0 Å². The highest BCUT2D eigenvalue weighted by atomic mass is 32.2. The first kappa shape index (κ1) is 38.6. The SMILES string of the molecule is CCCC(CCC)S(=O)(=O)CC(NC(=O)C1CCCCC1)C(=O)N[C@@H](Cc1cc(F)cc(F)c1)[C@H](O)CNCc1cccc(CC)c1. The predicted octanol–water partition coefficient (Wildman–Crippen LogP) is 5.15. The molecule has 8 nitrogen and oxygen atoms in total. The van der Waals surface area contributed by atoms with Gasteiger partial charge in [0.25, 0.3) is 0 Å². The van der Waals surface area contributed by atoms with Gasteiger partial charge in [0.2, 0.25) is 11.8 Å². The van der Waals surface area contributed by atoms with Gasteiger partial charge in [0.1, 0.15) is 17.7 Å². The van der Waals surface area contributed by atoms with Crippen LogP contribution in [0.3, 0.4) is 0 Å². The van der Waals surface area contributed by atoms with E-state index in [9.17, 15) is 31.9 Å². The van der Waals surface area contributed by atoms with Crippen LogP contribution < -0.4 is 16.0 Å². The maximum atomic E-state index is 14.1. The molecule has 262 valence electrons. The van der Waals surface area contributed by atoms with Crippen molar-refractivity contribution in [1.29, 1.82) is 0 Å². The molecular weight excluding hydrogens is 624 g/mol. The fourth-order valence-corrected chi connectivity index (χ4v) is 8.53. The van der Waals surface area contributed by atoms with Crippen LogP contribution in [0.2, 0.25) is 0 Å². The Morgan fingerprint density at radius 2 is 1.53 bits per heavy atom. The number of benzene rings is 2. The monoisotopic (exact) mass is 677 g/mol. The van der Waals surface area contributed by atoms with E-state index in [1.54, 1.807) is 0 Å². The van der Waals surface area contributed by atoms with E-state index >= 15 is 0 Å². The van der Waals surface area contributed by atoms with Gasteiger partial charge >= 0.3 is 0 Å². The van der Waals surface area contributed by atoms with Gasteiger partial charge < -0.3 is 21.1 Å². The molecule has 4 N–H and O–H groups in total. The molecule has 3 atom stereocenters. The van der Waals surface area contributed by atoms with Gasteiger partial charge in [-0.15, -0.1) is 0 Å². The summed E-state index contributed by atoms with van der Waals surface area (Å²) in [5.41, 5.74) is 2.39. The Kier molecular flexibility index (Phi) is 15.7. The number of hydrogen-bond donors (Lipinski definition) is 4. The van der Waals surface area contributed by atoms with E-state index in [0.29, 0.717) is 45.1 Å². The summed E-state index contributed by atoms with van der Waals surface area (Å²) in [6.07, 6.45) is 5.87. The van der Waals surface area contributed by atoms with Crippen molar-refractivity contribution in [2.75, 3.05) is 12.3 Å². The molecule has 0 bridgehead atoms. The van der Waals surface area contributed by atoms with Gasteiger partial charge in [-0.2, -0.15) is 0 Å². The van der Waals surface area contributed by atoms with Crippen LogP contribution in [0, 0.1) is 17.6 Å². The standard InChI is InChI=1S/C36H53F2N3O5S/c1-4-11-31(12-5-2)47(45,46)24-33(41-35(43)28-15-8-7-9-16-28)36(44)40-32(20-27-18-29(37)21-30(38)19-27)34(42)23-39-22-26-14-10-13-25(6-3)17-26/h10,13-14,17-19,21,28,31-34,39,42H,4-9,11-12,15-16,20,22-24H2,1-3H3,(H,40,44)(H,41,43)/t32-,33?,34+/m0/s1. The van der Waals surface area contributed by atoms with Crippen LogP contribution in [0.1, 0.15) is 95.2 Å². The highest BCUT2D eigenvalue weighted by Crippen LogP contribution is 2.24. The number of carbonyl (C=O) groups excluding carboxylic acids is 2. The number of nitrogens with one attached hydrogen (secondary N) is 3. The van der Waals surface area contributed by atoms with E-state index in [-0.39, 0.29) is 30.4 Å². The molecule has 0 aromatic heterocycles. The Morgan fingerprint density at radius 3 is 2.15 bits per heavy atom. The molecule has 1 aliphatic rings. The van der Waals surface area contributed by atoms with E-state index in [0.717, 1.165) is 49.4 Å².